The first kappa shape index (κ1) is 11.8. The number of benzene rings is 1. The highest BCUT2D eigenvalue weighted by molar-refractivity contribution is 6.31. The molecule has 1 aromatic carbocycles. The summed E-state index contributed by atoms with van der Waals surface area (Å²) in [6, 6.07) is 5.36. The molecule has 2 aromatic rings. The van der Waals surface area contributed by atoms with Gasteiger partial charge in [0.05, 0.1) is 22.8 Å². The number of aromatic nitrogens is 2. The number of nitrogens with zero attached hydrogens (tertiary/aromatic N) is 2. The SMILES string of the molecule is CCc1nn(C)cc1Nc1cc(Cl)ccc1N. The molecule has 0 saturated carbocycles. The lowest BCUT2D eigenvalue weighted by atomic mass is 10.2. The lowest BCUT2D eigenvalue weighted by Crippen LogP contribution is -1.97. The zero-order chi connectivity index (χ0) is 12.4. The van der Waals surface area contributed by atoms with Crippen molar-refractivity contribution in [3.05, 3.63) is 35.1 Å². The maximum Gasteiger partial charge on any atom is 0.0856 e. The number of nitrogens with one attached hydrogen (secondary N) is 1. The van der Waals surface area contributed by atoms with Crippen LogP contribution < -0.4 is 11.1 Å². The second-order valence-corrected chi connectivity index (χ2v) is 4.31. The van der Waals surface area contributed by atoms with Crippen molar-refractivity contribution >= 4 is 28.7 Å². The number of hydrogen-bond donors (Lipinski definition) is 2. The van der Waals surface area contributed by atoms with Crippen LogP contribution in [0.3, 0.4) is 0 Å². The molecule has 90 valence electrons. The number of rotatable bonds is 3. The van der Waals surface area contributed by atoms with E-state index in [1.54, 1.807) is 16.8 Å². The van der Waals surface area contributed by atoms with Crippen LogP contribution >= 0.6 is 11.6 Å². The van der Waals surface area contributed by atoms with Gasteiger partial charge in [-0.25, -0.2) is 0 Å². The summed E-state index contributed by atoms with van der Waals surface area (Å²) in [7, 11) is 1.89. The number of anilines is 3. The highest BCUT2D eigenvalue weighted by atomic mass is 35.5. The Morgan fingerprint density at radius 1 is 1.41 bits per heavy atom. The Kier molecular flexibility index (Phi) is 3.24. The van der Waals surface area contributed by atoms with Crippen LogP contribution in [-0.2, 0) is 13.5 Å². The summed E-state index contributed by atoms with van der Waals surface area (Å²) in [4.78, 5) is 0. The molecule has 0 saturated heterocycles. The van der Waals surface area contributed by atoms with Gasteiger partial charge < -0.3 is 11.1 Å². The predicted molar refractivity (Wildman–Crippen MR) is 71.7 cm³/mol. The van der Waals surface area contributed by atoms with Gasteiger partial charge in [-0.05, 0) is 24.6 Å². The molecule has 0 atom stereocenters. The van der Waals surface area contributed by atoms with E-state index in [0.29, 0.717) is 10.7 Å². The molecule has 0 aliphatic heterocycles. The van der Waals surface area contributed by atoms with Gasteiger partial charge in [-0.15, -0.1) is 0 Å². The Hall–Kier alpha value is -1.68. The van der Waals surface area contributed by atoms with Gasteiger partial charge in [-0.2, -0.15) is 5.10 Å². The number of aryl methyl sites for hydroxylation is 2. The zero-order valence-electron chi connectivity index (χ0n) is 9.87. The molecule has 0 amide bonds. The van der Waals surface area contributed by atoms with E-state index in [4.69, 9.17) is 17.3 Å². The summed E-state index contributed by atoms with van der Waals surface area (Å²) in [5, 5.41) is 8.27. The molecule has 0 radical (unpaired) electrons. The minimum Gasteiger partial charge on any atom is -0.397 e. The third kappa shape index (κ3) is 2.53. The van der Waals surface area contributed by atoms with Gasteiger partial charge >= 0.3 is 0 Å². The van der Waals surface area contributed by atoms with E-state index in [0.717, 1.165) is 23.5 Å². The number of hydrogen-bond acceptors (Lipinski definition) is 3. The van der Waals surface area contributed by atoms with Gasteiger partial charge in [0, 0.05) is 18.3 Å². The summed E-state index contributed by atoms with van der Waals surface area (Å²) in [6.45, 7) is 2.06. The van der Waals surface area contributed by atoms with Gasteiger partial charge in [0.1, 0.15) is 0 Å². The second-order valence-electron chi connectivity index (χ2n) is 3.87. The Morgan fingerprint density at radius 2 is 2.18 bits per heavy atom. The van der Waals surface area contributed by atoms with Crippen molar-refractivity contribution in [1.82, 2.24) is 9.78 Å². The van der Waals surface area contributed by atoms with E-state index >= 15 is 0 Å². The van der Waals surface area contributed by atoms with Gasteiger partial charge in [0.25, 0.3) is 0 Å². The number of nitrogen functional groups attached to an aromatic ring is 1. The summed E-state index contributed by atoms with van der Waals surface area (Å²) in [5.74, 6) is 0. The van der Waals surface area contributed by atoms with Crippen LogP contribution in [0, 0.1) is 0 Å². The molecule has 1 heterocycles. The molecule has 0 unspecified atom stereocenters. The second kappa shape index (κ2) is 4.67. The first-order valence-corrected chi connectivity index (χ1v) is 5.82. The first-order valence-electron chi connectivity index (χ1n) is 5.44. The minimum atomic E-state index is 0.656. The van der Waals surface area contributed by atoms with E-state index in [2.05, 4.69) is 17.3 Å². The van der Waals surface area contributed by atoms with Gasteiger partial charge in [-0.3, -0.25) is 4.68 Å². The molecular formula is C12H15ClN4. The van der Waals surface area contributed by atoms with Crippen molar-refractivity contribution in [2.45, 2.75) is 13.3 Å². The van der Waals surface area contributed by atoms with E-state index in [1.165, 1.54) is 0 Å². The van der Waals surface area contributed by atoms with Crippen LogP contribution in [0.4, 0.5) is 17.1 Å². The minimum absolute atomic E-state index is 0.656. The van der Waals surface area contributed by atoms with Crippen molar-refractivity contribution in [3.63, 3.8) is 0 Å². The monoisotopic (exact) mass is 250 g/mol. The van der Waals surface area contributed by atoms with Crippen LogP contribution in [0.1, 0.15) is 12.6 Å². The maximum atomic E-state index is 5.95. The van der Waals surface area contributed by atoms with Crippen LogP contribution in [0.2, 0.25) is 5.02 Å². The molecule has 0 fully saturated rings. The Bertz CT molecular complexity index is 533. The van der Waals surface area contributed by atoms with Crippen molar-refractivity contribution in [2.24, 2.45) is 7.05 Å². The van der Waals surface area contributed by atoms with Crippen LogP contribution in [0.15, 0.2) is 24.4 Å². The molecule has 3 N–H and O–H groups in total. The third-order valence-corrected chi connectivity index (χ3v) is 2.76. The normalized spacial score (nSPS) is 10.5. The summed E-state index contributed by atoms with van der Waals surface area (Å²) >= 11 is 5.95. The fraction of sp³-hybridized carbons (Fsp3) is 0.250. The molecule has 17 heavy (non-hydrogen) atoms. The average molecular weight is 251 g/mol. The van der Waals surface area contributed by atoms with E-state index in [9.17, 15) is 0 Å². The van der Waals surface area contributed by atoms with Crippen molar-refractivity contribution in [1.29, 1.82) is 0 Å². The van der Waals surface area contributed by atoms with E-state index < -0.39 is 0 Å². The molecule has 2 rings (SSSR count). The Labute approximate surface area is 105 Å². The van der Waals surface area contributed by atoms with Crippen LogP contribution in [0.5, 0.6) is 0 Å². The smallest absolute Gasteiger partial charge is 0.0856 e. The van der Waals surface area contributed by atoms with Crippen molar-refractivity contribution < 1.29 is 0 Å². The van der Waals surface area contributed by atoms with Crippen molar-refractivity contribution in [3.8, 4) is 0 Å². The third-order valence-electron chi connectivity index (χ3n) is 2.52. The molecule has 0 bridgehead atoms. The lowest BCUT2D eigenvalue weighted by molar-refractivity contribution is 0.746. The fourth-order valence-electron chi connectivity index (χ4n) is 1.68. The summed E-state index contributed by atoms with van der Waals surface area (Å²) in [5.41, 5.74) is 9.33. The summed E-state index contributed by atoms with van der Waals surface area (Å²) in [6.07, 6.45) is 2.79. The molecular weight excluding hydrogens is 236 g/mol. The van der Waals surface area contributed by atoms with Crippen molar-refractivity contribution in [2.75, 3.05) is 11.1 Å². The predicted octanol–water partition coefficient (Wildman–Crippen LogP) is 2.96. The maximum absolute atomic E-state index is 5.95. The average Bonchev–Trinajstić information content (AvgIpc) is 2.64. The fourth-order valence-corrected chi connectivity index (χ4v) is 1.85. The molecule has 4 nitrogen and oxygen atoms in total. The quantitative estimate of drug-likeness (QED) is 0.824. The number of halogens is 1. The van der Waals surface area contributed by atoms with Gasteiger partial charge in [0.2, 0.25) is 0 Å². The van der Waals surface area contributed by atoms with E-state index in [-0.39, 0.29) is 0 Å². The molecule has 0 aliphatic rings. The Balaban J connectivity index is 2.33. The van der Waals surface area contributed by atoms with Crippen LogP contribution in [-0.4, -0.2) is 9.78 Å². The van der Waals surface area contributed by atoms with Gasteiger partial charge in [-0.1, -0.05) is 18.5 Å². The lowest BCUT2D eigenvalue weighted by Gasteiger charge is -2.08. The van der Waals surface area contributed by atoms with Crippen LogP contribution in [0.25, 0.3) is 0 Å². The highest BCUT2D eigenvalue weighted by Gasteiger charge is 2.07. The van der Waals surface area contributed by atoms with E-state index in [1.807, 2.05) is 19.3 Å². The number of nitrogens with two attached hydrogens (primary N) is 1. The highest BCUT2D eigenvalue weighted by Crippen LogP contribution is 2.27. The molecule has 1 aromatic heterocycles. The first-order chi connectivity index (χ1) is 8.10. The topological polar surface area (TPSA) is 55.9 Å². The zero-order valence-corrected chi connectivity index (χ0v) is 10.6. The summed E-state index contributed by atoms with van der Waals surface area (Å²) < 4.78 is 1.78. The van der Waals surface area contributed by atoms with Gasteiger partial charge in [0.15, 0.2) is 0 Å². The molecule has 0 spiro atoms. The molecule has 0 aliphatic carbocycles. The standard InChI is InChI=1S/C12H15ClN4/c1-3-10-12(7-17(2)16-10)15-11-6-8(13)4-5-9(11)14/h4-7,15H,3,14H2,1-2H3. The molecule has 5 heteroatoms. The largest absolute Gasteiger partial charge is 0.397 e. The Morgan fingerprint density at radius 3 is 2.88 bits per heavy atom.